The third-order valence-corrected chi connectivity index (χ3v) is 4.92. The number of para-hydroxylation sites is 2. The predicted molar refractivity (Wildman–Crippen MR) is 115 cm³/mol. The summed E-state index contributed by atoms with van der Waals surface area (Å²) in [5.41, 5.74) is 0.611. The van der Waals surface area contributed by atoms with Crippen LogP contribution in [0.1, 0.15) is 23.7 Å². The van der Waals surface area contributed by atoms with Gasteiger partial charge in [-0.1, -0.05) is 12.1 Å². The number of nitrogens with one attached hydrogen (secondary N) is 1. The first-order valence-electron chi connectivity index (χ1n) is 10.4. The molecule has 32 heavy (non-hydrogen) atoms. The molecule has 0 atom stereocenters. The summed E-state index contributed by atoms with van der Waals surface area (Å²) in [5, 5.41) is 2.64. The molecule has 0 spiro atoms. The number of benzene rings is 1. The number of rotatable bonds is 8. The summed E-state index contributed by atoms with van der Waals surface area (Å²) in [5.74, 6) is -0.0292. The number of aromatic nitrogens is 1. The molecule has 1 saturated heterocycles. The van der Waals surface area contributed by atoms with Gasteiger partial charge in [0.1, 0.15) is 11.6 Å². The molecule has 0 radical (unpaired) electrons. The van der Waals surface area contributed by atoms with Crippen LogP contribution in [0.4, 0.5) is 20.3 Å². The van der Waals surface area contributed by atoms with Gasteiger partial charge in [0.25, 0.3) is 0 Å². The number of carbonyl (C=O) groups excluding carboxylic acids is 2. The second kappa shape index (κ2) is 11.4. The lowest BCUT2D eigenvalue weighted by Gasteiger charge is -2.22. The van der Waals surface area contributed by atoms with Gasteiger partial charge in [0, 0.05) is 32.4 Å². The normalized spacial score (nSPS) is 14.7. The van der Waals surface area contributed by atoms with Gasteiger partial charge < -0.3 is 19.7 Å². The minimum Gasteiger partial charge on any atom is -0.462 e. The zero-order valence-electron chi connectivity index (χ0n) is 17.8. The summed E-state index contributed by atoms with van der Waals surface area (Å²) in [4.78, 5) is 32.7. The van der Waals surface area contributed by atoms with Crippen molar-refractivity contribution < 1.29 is 27.8 Å². The van der Waals surface area contributed by atoms with Crippen LogP contribution in [-0.2, 0) is 9.53 Å². The summed E-state index contributed by atoms with van der Waals surface area (Å²) < 4.78 is 34.5. The lowest BCUT2D eigenvalue weighted by Crippen LogP contribution is -2.36. The standard InChI is InChI=1S/C22H26F2N4O4/c1-2-31-21(30)16-8-9-19(25-14-16)28-11-5-10-27(12-13-28)15-20(29)26-17-6-3-4-7-18(17)32-22(23)24/h3-4,6-9,14,22H,2,5,10-13,15H2,1H3,(H,26,29). The zero-order chi connectivity index (χ0) is 22.9. The minimum absolute atomic E-state index is 0.0739. The molecule has 1 aromatic carbocycles. The molecule has 0 aliphatic carbocycles. The van der Waals surface area contributed by atoms with E-state index >= 15 is 0 Å². The van der Waals surface area contributed by atoms with Crippen molar-refractivity contribution in [3.05, 3.63) is 48.2 Å². The fraction of sp³-hybridized carbons (Fsp3) is 0.409. The molecule has 2 aromatic rings. The SMILES string of the molecule is CCOC(=O)c1ccc(N2CCCN(CC(=O)Nc3ccccc3OC(F)F)CC2)nc1. The first-order valence-corrected chi connectivity index (χ1v) is 10.4. The van der Waals surface area contributed by atoms with Crippen molar-refractivity contribution in [1.82, 2.24) is 9.88 Å². The molecule has 2 heterocycles. The Labute approximate surface area is 185 Å². The first-order chi connectivity index (χ1) is 15.5. The molecule has 1 aromatic heterocycles. The lowest BCUT2D eigenvalue weighted by molar-refractivity contribution is -0.117. The number of hydrogen-bond donors (Lipinski definition) is 1. The lowest BCUT2D eigenvalue weighted by atomic mass is 10.2. The van der Waals surface area contributed by atoms with Gasteiger partial charge in [-0.3, -0.25) is 9.69 Å². The highest BCUT2D eigenvalue weighted by Gasteiger charge is 2.19. The van der Waals surface area contributed by atoms with Gasteiger partial charge in [-0.15, -0.1) is 0 Å². The summed E-state index contributed by atoms with van der Waals surface area (Å²) in [6, 6.07) is 9.57. The van der Waals surface area contributed by atoms with E-state index in [0.717, 1.165) is 18.8 Å². The highest BCUT2D eigenvalue weighted by atomic mass is 19.3. The topological polar surface area (TPSA) is 84.0 Å². The molecule has 1 fully saturated rings. The Morgan fingerprint density at radius 1 is 1.12 bits per heavy atom. The zero-order valence-corrected chi connectivity index (χ0v) is 17.8. The van der Waals surface area contributed by atoms with E-state index in [4.69, 9.17) is 4.74 Å². The van der Waals surface area contributed by atoms with E-state index in [1.807, 2.05) is 4.90 Å². The van der Waals surface area contributed by atoms with Gasteiger partial charge in [-0.05, 0) is 37.6 Å². The molecule has 1 N–H and O–H groups in total. The van der Waals surface area contributed by atoms with Gasteiger partial charge >= 0.3 is 12.6 Å². The average molecular weight is 448 g/mol. The van der Waals surface area contributed by atoms with Crippen LogP contribution in [0, 0.1) is 0 Å². The number of carbonyl (C=O) groups is 2. The Morgan fingerprint density at radius 2 is 1.94 bits per heavy atom. The van der Waals surface area contributed by atoms with Gasteiger partial charge in [-0.25, -0.2) is 9.78 Å². The average Bonchev–Trinajstić information content (AvgIpc) is 3.00. The highest BCUT2D eigenvalue weighted by molar-refractivity contribution is 5.93. The van der Waals surface area contributed by atoms with E-state index in [1.54, 1.807) is 31.2 Å². The molecule has 0 saturated carbocycles. The van der Waals surface area contributed by atoms with Crippen molar-refractivity contribution >= 4 is 23.4 Å². The van der Waals surface area contributed by atoms with Crippen LogP contribution in [0.2, 0.25) is 0 Å². The second-order valence-corrected chi connectivity index (χ2v) is 7.17. The smallest absolute Gasteiger partial charge is 0.387 e. The molecule has 0 bridgehead atoms. The Hall–Kier alpha value is -3.27. The molecular weight excluding hydrogens is 422 g/mol. The number of halogens is 2. The number of hydrogen-bond acceptors (Lipinski definition) is 7. The van der Waals surface area contributed by atoms with E-state index in [-0.39, 0.29) is 23.9 Å². The van der Waals surface area contributed by atoms with Crippen molar-refractivity contribution in [3.8, 4) is 5.75 Å². The monoisotopic (exact) mass is 448 g/mol. The molecule has 172 valence electrons. The fourth-order valence-corrected chi connectivity index (χ4v) is 3.43. The van der Waals surface area contributed by atoms with Crippen LogP contribution in [-0.4, -0.2) is 67.7 Å². The Bertz CT molecular complexity index is 911. The third-order valence-electron chi connectivity index (χ3n) is 4.92. The van der Waals surface area contributed by atoms with Crippen molar-refractivity contribution in [2.45, 2.75) is 20.0 Å². The van der Waals surface area contributed by atoms with E-state index in [0.29, 0.717) is 31.8 Å². The maximum Gasteiger partial charge on any atom is 0.387 e. The number of alkyl halides is 2. The van der Waals surface area contributed by atoms with Gasteiger partial charge in [-0.2, -0.15) is 8.78 Å². The molecule has 10 heteroatoms. The fourth-order valence-electron chi connectivity index (χ4n) is 3.43. The summed E-state index contributed by atoms with van der Waals surface area (Å²) >= 11 is 0. The maximum atomic E-state index is 12.6. The van der Waals surface area contributed by atoms with Gasteiger partial charge in [0.2, 0.25) is 5.91 Å². The summed E-state index contributed by atoms with van der Waals surface area (Å²) in [7, 11) is 0. The number of nitrogens with zero attached hydrogens (tertiary/aromatic N) is 3. The number of ether oxygens (including phenoxy) is 2. The third kappa shape index (κ3) is 6.61. The van der Waals surface area contributed by atoms with Crippen LogP contribution in [0.3, 0.4) is 0 Å². The predicted octanol–water partition coefficient (Wildman–Crippen LogP) is 3.01. The van der Waals surface area contributed by atoms with E-state index in [1.165, 1.54) is 18.3 Å². The second-order valence-electron chi connectivity index (χ2n) is 7.17. The quantitative estimate of drug-likeness (QED) is 0.622. The summed E-state index contributed by atoms with van der Waals surface area (Å²) in [6.45, 7) is 1.97. The van der Waals surface area contributed by atoms with Crippen LogP contribution in [0.25, 0.3) is 0 Å². The van der Waals surface area contributed by atoms with Crippen molar-refractivity contribution in [2.75, 3.05) is 49.5 Å². The van der Waals surface area contributed by atoms with E-state index in [9.17, 15) is 18.4 Å². The number of amides is 1. The number of pyridine rings is 1. The minimum atomic E-state index is -2.97. The molecule has 0 unspecified atom stereocenters. The first kappa shape index (κ1) is 23.4. The molecule has 8 nitrogen and oxygen atoms in total. The number of esters is 1. The van der Waals surface area contributed by atoms with Gasteiger partial charge in [0.05, 0.1) is 24.4 Å². The maximum absolute atomic E-state index is 12.6. The van der Waals surface area contributed by atoms with Crippen molar-refractivity contribution in [2.24, 2.45) is 0 Å². The van der Waals surface area contributed by atoms with E-state index in [2.05, 4.69) is 19.9 Å². The Balaban J connectivity index is 1.53. The van der Waals surface area contributed by atoms with Gasteiger partial charge in [0.15, 0.2) is 0 Å². The molecular formula is C22H26F2N4O4. The summed E-state index contributed by atoms with van der Waals surface area (Å²) in [6.07, 6.45) is 2.32. The Morgan fingerprint density at radius 3 is 2.66 bits per heavy atom. The van der Waals surface area contributed by atoms with Crippen LogP contribution in [0.5, 0.6) is 5.75 Å². The molecule has 1 aliphatic heterocycles. The largest absolute Gasteiger partial charge is 0.462 e. The van der Waals surface area contributed by atoms with Crippen LogP contribution in [0.15, 0.2) is 42.6 Å². The molecule has 1 amide bonds. The van der Waals surface area contributed by atoms with E-state index < -0.39 is 12.6 Å². The highest BCUT2D eigenvalue weighted by Crippen LogP contribution is 2.25. The molecule has 1 aliphatic rings. The van der Waals surface area contributed by atoms with Crippen LogP contribution >= 0.6 is 0 Å². The van der Waals surface area contributed by atoms with Crippen LogP contribution < -0.4 is 15.0 Å². The molecule has 3 rings (SSSR count). The van der Waals surface area contributed by atoms with Crippen molar-refractivity contribution in [3.63, 3.8) is 0 Å². The Kier molecular flexibility index (Phi) is 8.32. The number of anilines is 2. The van der Waals surface area contributed by atoms with Crippen molar-refractivity contribution in [1.29, 1.82) is 0 Å².